The molecule has 0 saturated carbocycles. The average molecular weight is 454 g/mol. The van der Waals surface area contributed by atoms with E-state index in [9.17, 15) is 14.0 Å². The summed E-state index contributed by atoms with van der Waals surface area (Å²) in [6.45, 7) is 4.38. The number of nitrogens with zero attached hydrogens (tertiary/aromatic N) is 3. The molecule has 2 saturated heterocycles. The zero-order valence-electron chi connectivity index (χ0n) is 19.2. The fourth-order valence-electron chi connectivity index (χ4n) is 4.74. The number of carbonyl (C=O) groups excluding carboxylic acids is 2. The Morgan fingerprint density at radius 1 is 0.939 bits per heavy atom. The Morgan fingerprint density at radius 2 is 1.64 bits per heavy atom. The van der Waals surface area contributed by atoms with Crippen molar-refractivity contribution in [3.63, 3.8) is 0 Å². The molecule has 176 valence electrons. The molecule has 2 aliphatic rings. The summed E-state index contributed by atoms with van der Waals surface area (Å²) < 4.78 is 20.4. The van der Waals surface area contributed by atoms with E-state index >= 15 is 0 Å². The number of hydrogen-bond donors (Lipinski definition) is 0. The van der Waals surface area contributed by atoms with Crippen molar-refractivity contribution >= 4 is 11.8 Å². The van der Waals surface area contributed by atoms with E-state index < -0.39 is 11.2 Å². The van der Waals surface area contributed by atoms with Crippen LogP contribution in [0.4, 0.5) is 4.39 Å². The van der Waals surface area contributed by atoms with Gasteiger partial charge in [0.1, 0.15) is 11.6 Å². The summed E-state index contributed by atoms with van der Waals surface area (Å²) in [6, 6.07) is 15.6. The van der Waals surface area contributed by atoms with Gasteiger partial charge < -0.3 is 19.4 Å². The van der Waals surface area contributed by atoms with Crippen LogP contribution in [0.5, 0.6) is 5.75 Å². The van der Waals surface area contributed by atoms with E-state index in [4.69, 9.17) is 4.74 Å². The van der Waals surface area contributed by atoms with E-state index in [1.54, 1.807) is 17.0 Å². The van der Waals surface area contributed by atoms with E-state index in [-0.39, 0.29) is 17.4 Å². The Balaban J connectivity index is 1.53. The summed E-state index contributed by atoms with van der Waals surface area (Å²) >= 11 is 0. The maximum absolute atomic E-state index is 14.3. The van der Waals surface area contributed by atoms with Gasteiger partial charge in [-0.1, -0.05) is 30.3 Å². The van der Waals surface area contributed by atoms with Crippen molar-refractivity contribution in [2.45, 2.75) is 19.3 Å². The molecular formula is C26H32FN3O3. The third-order valence-corrected chi connectivity index (χ3v) is 6.72. The van der Waals surface area contributed by atoms with E-state index in [0.29, 0.717) is 39.2 Å². The molecule has 0 radical (unpaired) electrons. The Bertz CT molecular complexity index is 962. The number of halogens is 1. The highest BCUT2D eigenvalue weighted by atomic mass is 19.1. The van der Waals surface area contributed by atoms with Crippen LogP contribution >= 0.6 is 0 Å². The van der Waals surface area contributed by atoms with E-state index in [1.807, 2.05) is 35.2 Å². The minimum absolute atomic E-state index is 0.0719. The predicted molar refractivity (Wildman–Crippen MR) is 125 cm³/mol. The standard InChI is InChI=1S/C26H32FN3O3/c1-28-14-16-29(17-15-28)24(31)18-26(20-33-21-8-3-2-4-9-21)12-7-13-30(19-26)25(32)22-10-5-6-11-23(22)27/h2-6,8-11H,7,12-20H2,1H3/t26-/m0/s1. The van der Waals surface area contributed by atoms with Gasteiger partial charge in [-0.25, -0.2) is 4.39 Å². The molecule has 6 nitrogen and oxygen atoms in total. The molecule has 0 spiro atoms. The minimum Gasteiger partial charge on any atom is -0.493 e. The number of likely N-dealkylation sites (N-methyl/N-ethyl adjacent to an activating group) is 1. The Kier molecular flexibility index (Phi) is 7.28. The van der Waals surface area contributed by atoms with Crippen LogP contribution in [0.1, 0.15) is 29.6 Å². The maximum atomic E-state index is 14.3. The SMILES string of the molecule is CN1CCN(C(=O)C[C@@]2(COc3ccccc3)CCCN(C(=O)c3ccccc3F)C2)CC1. The van der Waals surface area contributed by atoms with Gasteiger partial charge in [-0.05, 0) is 44.2 Å². The molecule has 0 aromatic heterocycles. The quantitative estimate of drug-likeness (QED) is 0.674. The van der Waals surface area contributed by atoms with Gasteiger partial charge in [0.2, 0.25) is 5.91 Å². The zero-order valence-corrected chi connectivity index (χ0v) is 19.2. The lowest BCUT2D eigenvalue weighted by atomic mass is 9.77. The smallest absolute Gasteiger partial charge is 0.256 e. The fraction of sp³-hybridized carbons (Fsp3) is 0.462. The Morgan fingerprint density at radius 3 is 2.36 bits per heavy atom. The lowest BCUT2D eigenvalue weighted by Gasteiger charge is -2.43. The molecule has 2 aromatic rings. The minimum atomic E-state index is -0.521. The summed E-state index contributed by atoms with van der Waals surface area (Å²) in [7, 11) is 2.06. The maximum Gasteiger partial charge on any atom is 0.256 e. The van der Waals surface area contributed by atoms with Crippen LogP contribution in [0, 0.1) is 11.2 Å². The Labute approximate surface area is 194 Å². The third-order valence-electron chi connectivity index (χ3n) is 6.72. The lowest BCUT2D eigenvalue weighted by molar-refractivity contribution is -0.137. The van der Waals surface area contributed by atoms with Gasteiger partial charge in [-0.3, -0.25) is 9.59 Å². The average Bonchev–Trinajstić information content (AvgIpc) is 2.84. The topological polar surface area (TPSA) is 53.1 Å². The molecule has 0 aliphatic carbocycles. The largest absolute Gasteiger partial charge is 0.493 e. The Hall–Kier alpha value is -2.93. The molecule has 7 heteroatoms. The van der Waals surface area contributed by atoms with Crippen molar-refractivity contribution in [3.8, 4) is 5.75 Å². The first-order valence-electron chi connectivity index (χ1n) is 11.6. The lowest BCUT2D eigenvalue weighted by Crippen LogP contribution is -2.53. The van der Waals surface area contributed by atoms with Crippen LogP contribution in [0.25, 0.3) is 0 Å². The van der Waals surface area contributed by atoms with Crippen LogP contribution in [-0.4, -0.2) is 79.4 Å². The first-order chi connectivity index (χ1) is 16.0. The number of rotatable bonds is 6. The molecule has 0 N–H and O–H groups in total. The van der Waals surface area contributed by atoms with Gasteiger partial charge in [-0.15, -0.1) is 0 Å². The van der Waals surface area contributed by atoms with Crippen molar-refractivity contribution in [1.29, 1.82) is 0 Å². The van der Waals surface area contributed by atoms with Crippen molar-refractivity contribution in [3.05, 3.63) is 66.0 Å². The second-order valence-corrected chi connectivity index (χ2v) is 9.27. The number of likely N-dealkylation sites (tertiary alicyclic amines) is 1. The molecule has 33 heavy (non-hydrogen) atoms. The zero-order chi connectivity index (χ0) is 23.3. The van der Waals surface area contributed by atoms with Crippen LogP contribution < -0.4 is 4.74 Å². The molecule has 2 heterocycles. The number of carbonyl (C=O) groups is 2. The van der Waals surface area contributed by atoms with Gasteiger partial charge in [0.15, 0.2) is 0 Å². The van der Waals surface area contributed by atoms with Crippen molar-refractivity contribution < 1.29 is 18.7 Å². The first kappa shape index (κ1) is 23.2. The molecule has 2 amide bonds. The van der Waals surface area contributed by atoms with Crippen LogP contribution in [0.15, 0.2) is 54.6 Å². The second-order valence-electron chi connectivity index (χ2n) is 9.27. The van der Waals surface area contributed by atoms with Gasteiger partial charge in [0.25, 0.3) is 5.91 Å². The van der Waals surface area contributed by atoms with Crippen LogP contribution in [0.3, 0.4) is 0 Å². The number of piperazine rings is 1. The second kappa shape index (κ2) is 10.3. The van der Waals surface area contributed by atoms with Crippen LogP contribution in [-0.2, 0) is 4.79 Å². The van der Waals surface area contributed by atoms with Crippen LogP contribution in [0.2, 0.25) is 0 Å². The molecule has 2 aliphatic heterocycles. The van der Waals surface area contributed by atoms with E-state index in [2.05, 4.69) is 11.9 Å². The van der Waals surface area contributed by atoms with Crippen molar-refractivity contribution in [1.82, 2.24) is 14.7 Å². The monoisotopic (exact) mass is 453 g/mol. The highest BCUT2D eigenvalue weighted by Gasteiger charge is 2.41. The first-order valence-corrected chi connectivity index (χ1v) is 11.6. The molecule has 2 fully saturated rings. The van der Waals surface area contributed by atoms with Gasteiger partial charge >= 0.3 is 0 Å². The highest BCUT2D eigenvalue weighted by Crippen LogP contribution is 2.36. The summed E-state index contributed by atoms with van der Waals surface area (Å²) in [6.07, 6.45) is 1.83. The number of piperidine rings is 1. The molecule has 2 aromatic carbocycles. The number of amides is 2. The summed E-state index contributed by atoms with van der Waals surface area (Å²) in [5.74, 6) is -0.0157. The summed E-state index contributed by atoms with van der Waals surface area (Å²) in [5.41, 5.74) is -0.446. The predicted octanol–water partition coefficient (Wildman–Crippen LogP) is 3.29. The van der Waals surface area contributed by atoms with Gasteiger partial charge in [-0.2, -0.15) is 0 Å². The molecule has 1 atom stereocenters. The van der Waals surface area contributed by atoms with Crippen molar-refractivity contribution in [2.75, 3.05) is 52.9 Å². The van der Waals surface area contributed by atoms with Gasteiger partial charge in [0, 0.05) is 51.1 Å². The molecule has 0 unspecified atom stereocenters. The number of ether oxygens (including phenoxy) is 1. The van der Waals surface area contributed by atoms with Crippen molar-refractivity contribution in [2.24, 2.45) is 5.41 Å². The molecule has 0 bridgehead atoms. The fourth-order valence-corrected chi connectivity index (χ4v) is 4.74. The van der Waals surface area contributed by atoms with E-state index in [0.717, 1.165) is 31.7 Å². The highest BCUT2D eigenvalue weighted by molar-refractivity contribution is 5.94. The molecular weight excluding hydrogens is 421 g/mol. The van der Waals surface area contributed by atoms with E-state index in [1.165, 1.54) is 12.1 Å². The number of hydrogen-bond acceptors (Lipinski definition) is 4. The number of para-hydroxylation sites is 1. The summed E-state index contributed by atoms with van der Waals surface area (Å²) in [4.78, 5) is 32.3. The molecule has 4 rings (SSSR count). The summed E-state index contributed by atoms with van der Waals surface area (Å²) in [5, 5.41) is 0. The normalized spacial score (nSPS) is 21.6. The van der Waals surface area contributed by atoms with Gasteiger partial charge in [0.05, 0.1) is 12.2 Å². The third kappa shape index (κ3) is 5.71. The number of benzene rings is 2.